The molecule has 1 aromatic heterocycles. The molecule has 2 aromatic carbocycles. The highest BCUT2D eigenvalue weighted by molar-refractivity contribution is 5.97. The van der Waals surface area contributed by atoms with Crippen molar-refractivity contribution in [3.8, 4) is 0 Å². The monoisotopic (exact) mass is 290 g/mol. The number of hydrogen-bond acceptors (Lipinski definition) is 1. The number of anilines is 1. The predicted molar refractivity (Wildman–Crippen MR) is 89.0 cm³/mol. The molecule has 0 aliphatic carbocycles. The number of nitrogens with one attached hydrogen (secondary N) is 1. The Hall–Kier alpha value is -2.55. The summed E-state index contributed by atoms with van der Waals surface area (Å²) in [6.45, 7) is 1.93. The first-order valence-electron chi connectivity index (χ1n) is 7.75. The van der Waals surface area contributed by atoms with Gasteiger partial charge in [0.25, 0.3) is 0 Å². The summed E-state index contributed by atoms with van der Waals surface area (Å²) in [6, 6.07) is 16.6. The van der Waals surface area contributed by atoms with Crippen molar-refractivity contribution in [2.24, 2.45) is 0 Å². The number of fused-ring (bicyclic) bond motifs is 2. The maximum Gasteiger partial charge on any atom is 0.227 e. The van der Waals surface area contributed by atoms with E-state index in [4.69, 9.17) is 0 Å². The van der Waals surface area contributed by atoms with Crippen LogP contribution >= 0.6 is 0 Å². The minimum atomic E-state index is 0.0843. The van der Waals surface area contributed by atoms with E-state index in [1.807, 2.05) is 36.1 Å². The Bertz CT molecular complexity index is 849. The number of carbonyl (C=O) groups is 1. The Morgan fingerprint density at radius 3 is 2.82 bits per heavy atom. The fourth-order valence-corrected chi connectivity index (χ4v) is 3.48. The van der Waals surface area contributed by atoms with E-state index in [1.165, 1.54) is 16.5 Å². The van der Waals surface area contributed by atoms with E-state index >= 15 is 0 Å². The first kappa shape index (κ1) is 13.1. The lowest BCUT2D eigenvalue weighted by molar-refractivity contribution is -0.118. The van der Waals surface area contributed by atoms with Crippen LogP contribution in [0, 0.1) is 0 Å². The van der Waals surface area contributed by atoms with Crippen LogP contribution in [0.3, 0.4) is 0 Å². The maximum absolute atomic E-state index is 12.5. The van der Waals surface area contributed by atoms with Crippen LogP contribution in [0.15, 0.2) is 54.7 Å². The minimum absolute atomic E-state index is 0.0843. The van der Waals surface area contributed by atoms with Gasteiger partial charge in [-0.1, -0.05) is 43.3 Å². The van der Waals surface area contributed by atoms with E-state index in [1.54, 1.807) is 0 Å². The molecule has 0 saturated heterocycles. The molecule has 22 heavy (non-hydrogen) atoms. The quantitative estimate of drug-likeness (QED) is 0.754. The first-order valence-corrected chi connectivity index (χ1v) is 7.75. The molecule has 1 aliphatic rings. The van der Waals surface area contributed by atoms with Crippen LogP contribution in [0.4, 0.5) is 5.69 Å². The van der Waals surface area contributed by atoms with E-state index in [2.05, 4.69) is 35.4 Å². The van der Waals surface area contributed by atoms with Gasteiger partial charge < -0.3 is 9.88 Å². The Kier molecular flexibility index (Phi) is 3.00. The van der Waals surface area contributed by atoms with Gasteiger partial charge in [0, 0.05) is 34.8 Å². The third-order valence-electron chi connectivity index (χ3n) is 4.53. The summed E-state index contributed by atoms with van der Waals surface area (Å²) in [7, 11) is 0. The molecule has 1 amide bonds. The molecular formula is C19H18N2O. The molecule has 0 unspecified atom stereocenters. The standard InChI is InChI=1S/C19H18N2O/c1-2-19(22)21-17-10-6-3-7-13(17)11-18(21)15-12-20-16-9-5-4-8-14(15)16/h3-10,12,18,20H,2,11H2,1H3/t18-/m1/s1. The number of nitrogens with zero attached hydrogens (tertiary/aromatic N) is 1. The van der Waals surface area contributed by atoms with Crippen molar-refractivity contribution >= 4 is 22.5 Å². The highest BCUT2D eigenvalue weighted by Gasteiger charge is 2.34. The zero-order valence-corrected chi connectivity index (χ0v) is 12.5. The number of hydrogen-bond donors (Lipinski definition) is 1. The van der Waals surface area contributed by atoms with Crippen LogP contribution in [0.1, 0.15) is 30.5 Å². The third-order valence-corrected chi connectivity index (χ3v) is 4.53. The Morgan fingerprint density at radius 2 is 1.95 bits per heavy atom. The van der Waals surface area contributed by atoms with Crippen molar-refractivity contribution in [2.75, 3.05) is 4.90 Å². The third kappa shape index (κ3) is 1.86. The van der Waals surface area contributed by atoms with Gasteiger partial charge in [0.15, 0.2) is 0 Å². The second-order valence-corrected chi connectivity index (χ2v) is 5.76. The molecule has 2 heterocycles. The first-order chi connectivity index (χ1) is 10.8. The SMILES string of the molecule is CCC(=O)N1c2ccccc2C[C@@H]1c1c[nH]c2ccccc12. The summed E-state index contributed by atoms with van der Waals surface area (Å²) >= 11 is 0. The van der Waals surface area contributed by atoms with Gasteiger partial charge in [0.1, 0.15) is 0 Å². The summed E-state index contributed by atoms with van der Waals surface area (Å²) in [5, 5.41) is 1.20. The number of rotatable bonds is 2. The van der Waals surface area contributed by atoms with Gasteiger partial charge in [-0.15, -0.1) is 0 Å². The molecule has 0 spiro atoms. The minimum Gasteiger partial charge on any atom is -0.361 e. The number of aromatic amines is 1. The van der Waals surface area contributed by atoms with Crippen LogP contribution in [0.25, 0.3) is 10.9 Å². The fourth-order valence-electron chi connectivity index (χ4n) is 3.48. The van der Waals surface area contributed by atoms with Gasteiger partial charge in [-0.3, -0.25) is 4.79 Å². The average molecular weight is 290 g/mol. The number of H-pyrrole nitrogens is 1. The van der Waals surface area contributed by atoms with Gasteiger partial charge in [0.05, 0.1) is 6.04 Å². The van der Waals surface area contributed by atoms with E-state index in [0.29, 0.717) is 6.42 Å². The average Bonchev–Trinajstić information content (AvgIpc) is 3.15. The van der Waals surface area contributed by atoms with E-state index in [0.717, 1.165) is 17.6 Å². The predicted octanol–water partition coefficient (Wildman–Crippen LogP) is 4.21. The summed E-state index contributed by atoms with van der Waals surface area (Å²) < 4.78 is 0. The van der Waals surface area contributed by atoms with E-state index < -0.39 is 0 Å². The fraction of sp³-hybridized carbons (Fsp3) is 0.211. The lowest BCUT2D eigenvalue weighted by Gasteiger charge is -2.25. The molecule has 110 valence electrons. The van der Waals surface area contributed by atoms with Gasteiger partial charge in [-0.2, -0.15) is 0 Å². The van der Waals surface area contributed by atoms with Crippen molar-refractivity contribution in [3.05, 3.63) is 65.9 Å². The Labute approximate surface area is 129 Å². The van der Waals surface area contributed by atoms with Crippen molar-refractivity contribution in [1.29, 1.82) is 0 Å². The summed E-state index contributed by atoms with van der Waals surface area (Å²) in [6.07, 6.45) is 3.45. The second kappa shape index (κ2) is 5.02. The second-order valence-electron chi connectivity index (χ2n) is 5.76. The molecule has 0 bridgehead atoms. The van der Waals surface area contributed by atoms with Gasteiger partial charge in [-0.25, -0.2) is 0 Å². The molecule has 0 fully saturated rings. The van der Waals surface area contributed by atoms with Crippen molar-refractivity contribution in [3.63, 3.8) is 0 Å². The molecule has 1 aliphatic heterocycles. The maximum atomic E-state index is 12.5. The van der Waals surface area contributed by atoms with Crippen LogP contribution in [0.2, 0.25) is 0 Å². The van der Waals surface area contributed by atoms with Crippen molar-refractivity contribution < 1.29 is 4.79 Å². The van der Waals surface area contributed by atoms with Crippen LogP contribution in [-0.4, -0.2) is 10.9 Å². The van der Waals surface area contributed by atoms with Crippen LogP contribution < -0.4 is 4.90 Å². The zero-order valence-electron chi connectivity index (χ0n) is 12.5. The van der Waals surface area contributed by atoms with Gasteiger partial charge in [-0.05, 0) is 24.1 Å². The molecule has 3 nitrogen and oxygen atoms in total. The molecule has 4 rings (SSSR count). The number of amides is 1. The normalized spacial score (nSPS) is 17.0. The van der Waals surface area contributed by atoms with E-state index in [9.17, 15) is 4.79 Å². The topological polar surface area (TPSA) is 36.1 Å². The van der Waals surface area contributed by atoms with Gasteiger partial charge >= 0.3 is 0 Å². The molecule has 3 heteroatoms. The largest absolute Gasteiger partial charge is 0.361 e. The molecular weight excluding hydrogens is 272 g/mol. The number of aromatic nitrogens is 1. The van der Waals surface area contributed by atoms with Crippen LogP contribution in [-0.2, 0) is 11.2 Å². The molecule has 1 N–H and O–H groups in total. The molecule has 0 radical (unpaired) electrons. The number of benzene rings is 2. The molecule has 0 saturated carbocycles. The highest BCUT2D eigenvalue weighted by Crippen LogP contribution is 2.42. The Balaban J connectivity index is 1.86. The van der Waals surface area contributed by atoms with E-state index in [-0.39, 0.29) is 11.9 Å². The zero-order chi connectivity index (χ0) is 15.1. The van der Waals surface area contributed by atoms with Crippen LogP contribution in [0.5, 0.6) is 0 Å². The molecule has 1 atom stereocenters. The lowest BCUT2D eigenvalue weighted by Crippen LogP contribution is -2.31. The van der Waals surface area contributed by atoms with Crippen molar-refractivity contribution in [2.45, 2.75) is 25.8 Å². The smallest absolute Gasteiger partial charge is 0.227 e. The summed E-state index contributed by atoms with van der Waals surface area (Å²) in [5.41, 5.74) is 4.63. The Morgan fingerprint density at radius 1 is 1.18 bits per heavy atom. The number of carbonyl (C=O) groups excluding carboxylic acids is 1. The van der Waals surface area contributed by atoms with Crippen molar-refractivity contribution in [1.82, 2.24) is 4.98 Å². The van der Waals surface area contributed by atoms with Gasteiger partial charge in [0.2, 0.25) is 5.91 Å². The highest BCUT2D eigenvalue weighted by atomic mass is 16.2. The summed E-state index contributed by atoms with van der Waals surface area (Å²) in [4.78, 5) is 17.8. The lowest BCUT2D eigenvalue weighted by atomic mass is 10.0. The molecule has 3 aromatic rings. The summed E-state index contributed by atoms with van der Waals surface area (Å²) in [5.74, 6) is 0.181. The number of para-hydroxylation sites is 2.